The number of ether oxygens (including phenoxy) is 1. The molecule has 1 heterocycles. The van der Waals surface area contributed by atoms with E-state index in [1.165, 1.54) is 25.1 Å². The van der Waals surface area contributed by atoms with Crippen molar-refractivity contribution in [3.05, 3.63) is 57.1 Å². The van der Waals surface area contributed by atoms with Crippen LogP contribution in [0.3, 0.4) is 0 Å². The Morgan fingerprint density at radius 1 is 1.38 bits per heavy atom. The Morgan fingerprint density at radius 2 is 2.04 bits per heavy atom. The summed E-state index contributed by atoms with van der Waals surface area (Å²) in [6.07, 6.45) is -0.870. The highest BCUT2D eigenvalue weighted by Gasteiger charge is 2.29. The van der Waals surface area contributed by atoms with E-state index in [0.717, 1.165) is 4.57 Å². The van der Waals surface area contributed by atoms with Crippen LogP contribution in [0.15, 0.2) is 29.1 Å². The zero-order valence-corrected chi connectivity index (χ0v) is 14.7. The zero-order valence-electron chi connectivity index (χ0n) is 14.7. The number of hydrogen-bond acceptors (Lipinski definition) is 5. The maximum atomic E-state index is 13.8. The molecule has 0 amide bonds. The van der Waals surface area contributed by atoms with Crippen molar-refractivity contribution < 1.29 is 19.0 Å². The summed E-state index contributed by atoms with van der Waals surface area (Å²) in [5.41, 5.74) is -0.954. The molecule has 0 saturated carbocycles. The number of aromatic nitrogens is 1. The normalized spacial score (nSPS) is 11.7. The van der Waals surface area contributed by atoms with Gasteiger partial charge < -0.3 is 9.84 Å². The average molecular weight is 358 g/mol. The largest absolute Gasteiger partial charge is 0.494 e. The molecule has 0 saturated heterocycles. The summed E-state index contributed by atoms with van der Waals surface area (Å²) >= 11 is 0. The zero-order chi connectivity index (χ0) is 19.4. The van der Waals surface area contributed by atoms with Crippen molar-refractivity contribution in [3.8, 4) is 17.7 Å². The fourth-order valence-electron chi connectivity index (χ4n) is 2.72. The highest BCUT2D eigenvalue weighted by Crippen LogP contribution is 2.26. The van der Waals surface area contributed by atoms with Crippen LogP contribution in [0.25, 0.3) is 0 Å². The van der Waals surface area contributed by atoms with Crippen LogP contribution in [-0.4, -0.2) is 21.6 Å². The van der Waals surface area contributed by atoms with E-state index in [9.17, 15) is 24.3 Å². The number of nitrogens with zero attached hydrogens (tertiary/aromatic N) is 2. The first-order valence-corrected chi connectivity index (χ1v) is 8.19. The number of rotatable bonds is 6. The fourth-order valence-corrected chi connectivity index (χ4v) is 2.72. The number of carbonyl (C=O) groups is 1. The molecule has 0 radical (unpaired) electrons. The third-order valence-electron chi connectivity index (χ3n) is 4.13. The van der Waals surface area contributed by atoms with Crippen molar-refractivity contribution in [3.63, 3.8) is 0 Å². The van der Waals surface area contributed by atoms with E-state index >= 15 is 0 Å². The number of nitriles is 1. The molecule has 1 aromatic carbocycles. The number of hydrogen-bond donors (Lipinski definition) is 1. The first-order chi connectivity index (χ1) is 12.4. The van der Waals surface area contributed by atoms with E-state index in [4.69, 9.17) is 4.74 Å². The number of halogens is 1. The standard InChI is InChI=1S/C19H19FN2O4/c1-4-14(26-15-9-7-6-8-13(15)20)17(23)16-11(3)12(10-21)18(24)22(5-2)19(16)25/h6-9,14,25H,4-5H2,1-3H3. The number of para-hydroxylation sites is 1. The molecule has 0 fully saturated rings. The third-order valence-corrected chi connectivity index (χ3v) is 4.13. The number of pyridine rings is 1. The van der Waals surface area contributed by atoms with Gasteiger partial charge in [-0.2, -0.15) is 5.26 Å². The second kappa shape index (κ2) is 7.83. The van der Waals surface area contributed by atoms with Crippen molar-refractivity contribution >= 4 is 5.78 Å². The molecule has 2 aromatic rings. The van der Waals surface area contributed by atoms with E-state index in [-0.39, 0.29) is 35.4 Å². The Balaban J connectivity index is 2.56. The summed E-state index contributed by atoms with van der Waals surface area (Å²) < 4.78 is 20.3. The minimum absolute atomic E-state index is 0.0836. The molecule has 0 bridgehead atoms. The van der Waals surface area contributed by atoms with Gasteiger partial charge in [0.2, 0.25) is 11.7 Å². The molecule has 1 aromatic heterocycles. The maximum absolute atomic E-state index is 13.8. The van der Waals surface area contributed by atoms with Gasteiger partial charge in [-0.15, -0.1) is 0 Å². The van der Waals surface area contributed by atoms with Gasteiger partial charge in [0.05, 0.1) is 5.56 Å². The number of aromatic hydroxyl groups is 1. The van der Waals surface area contributed by atoms with Gasteiger partial charge in [0.25, 0.3) is 5.56 Å². The molecule has 1 unspecified atom stereocenters. The van der Waals surface area contributed by atoms with Crippen LogP contribution in [0.5, 0.6) is 11.6 Å². The van der Waals surface area contributed by atoms with Crippen molar-refractivity contribution in [2.45, 2.75) is 39.8 Å². The van der Waals surface area contributed by atoms with E-state index in [2.05, 4.69) is 0 Å². The van der Waals surface area contributed by atoms with Crippen molar-refractivity contribution in [2.75, 3.05) is 0 Å². The first kappa shape index (κ1) is 19.2. The molecule has 6 nitrogen and oxygen atoms in total. The maximum Gasteiger partial charge on any atom is 0.271 e. The number of ketones is 1. The number of Topliss-reactive ketones (excluding diaryl/α,β-unsaturated/α-hetero) is 1. The van der Waals surface area contributed by atoms with Gasteiger partial charge in [0.15, 0.2) is 17.7 Å². The molecule has 7 heteroatoms. The molecule has 0 spiro atoms. The van der Waals surface area contributed by atoms with E-state index < -0.39 is 29.1 Å². The molecule has 0 aliphatic carbocycles. The Bertz CT molecular complexity index is 944. The van der Waals surface area contributed by atoms with Gasteiger partial charge in [-0.3, -0.25) is 14.2 Å². The van der Waals surface area contributed by atoms with Crippen LogP contribution < -0.4 is 10.3 Å². The lowest BCUT2D eigenvalue weighted by molar-refractivity contribution is 0.0774. The highest BCUT2D eigenvalue weighted by molar-refractivity contribution is 6.03. The van der Waals surface area contributed by atoms with Gasteiger partial charge in [0, 0.05) is 6.54 Å². The predicted octanol–water partition coefficient (Wildman–Crippen LogP) is 2.93. The Morgan fingerprint density at radius 3 is 2.58 bits per heavy atom. The molecule has 1 N–H and O–H groups in total. The third kappa shape index (κ3) is 3.31. The molecule has 0 aliphatic heterocycles. The van der Waals surface area contributed by atoms with E-state index in [1.807, 2.05) is 0 Å². The molecule has 0 aliphatic rings. The monoisotopic (exact) mass is 358 g/mol. The van der Waals surface area contributed by atoms with Crippen molar-refractivity contribution in [1.82, 2.24) is 4.57 Å². The molecular formula is C19H19FN2O4. The first-order valence-electron chi connectivity index (χ1n) is 8.19. The van der Waals surface area contributed by atoms with Gasteiger partial charge in [-0.1, -0.05) is 19.1 Å². The smallest absolute Gasteiger partial charge is 0.271 e. The van der Waals surface area contributed by atoms with Gasteiger partial charge in [0.1, 0.15) is 11.6 Å². The fraction of sp³-hybridized carbons (Fsp3) is 0.316. The second-order valence-corrected chi connectivity index (χ2v) is 5.67. The summed E-state index contributed by atoms with van der Waals surface area (Å²) in [6.45, 7) is 4.80. The summed E-state index contributed by atoms with van der Waals surface area (Å²) in [5.74, 6) is -1.84. The summed E-state index contributed by atoms with van der Waals surface area (Å²) in [6, 6.07) is 7.45. The molecule has 26 heavy (non-hydrogen) atoms. The van der Waals surface area contributed by atoms with Gasteiger partial charge in [-0.25, -0.2) is 4.39 Å². The van der Waals surface area contributed by atoms with E-state index in [0.29, 0.717) is 0 Å². The highest BCUT2D eigenvalue weighted by atomic mass is 19.1. The summed E-state index contributed by atoms with van der Waals surface area (Å²) in [4.78, 5) is 25.2. The quantitative estimate of drug-likeness (QED) is 0.802. The molecular weight excluding hydrogens is 339 g/mol. The topological polar surface area (TPSA) is 92.3 Å². The SMILES string of the molecule is CCC(Oc1ccccc1F)C(=O)c1c(C)c(C#N)c(=O)n(CC)c1O. The molecule has 136 valence electrons. The minimum Gasteiger partial charge on any atom is -0.494 e. The Hall–Kier alpha value is -3.14. The Kier molecular flexibility index (Phi) is 5.78. The lowest BCUT2D eigenvalue weighted by Crippen LogP contribution is -2.32. The van der Waals surface area contributed by atoms with Crippen LogP contribution in [0.4, 0.5) is 4.39 Å². The van der Waals surface area contributed by atoms with Crippen LogP contribution in [-0.2, 0) is 6.54 Å². The average Bonchev–Trinajstić information content (AvgIpc) is 2.61. The lowest BCUT2D eigenvalue weighted by Gasteiger charge is -2.20. The predicted molar refractivity (Wildman–Crippen MR) is 92.9 cm³/mol. The van der Waals surface area contributed by atoms with E-state index in [1.54, 1.807) is 26.0 Å². The lowest BCUT2D eigenvalue weighted by atomic mass is 9.97. The summed E-state index contributed by atoms with van der Waals surface area (Å²) in [5, 5.41) is 19.7. The van der Waals surface area contributed by atoms with Crippen LogP contribution in [0, 0.1) is 24.1 Å². The molecule has 1 atom stereocenters. The van der Waals surface area contributed by atoms with Crippen molar-refractivity contribution in [1.29, 1.82) is 5.26 Å². The van der Waals surface area contributed by atoms with Crippen LogP contribution in [0.2, 0.25) is 0 Å². The molecule has 2 rings (SSSR count). The number of carbonyl (C=O) groups excluding carboxylic acids is 1. The number of benzene rings is 1. The van der Waals surface area contributed by atoms with Gasteiger partial charge >= 0.3 is 0 Å². The van der Waals surface area contributed by atoms with Gasteiger partial charge in [-0.05, 0) is 38.0 Å². The summed E-state index contributed by atoms with van der Waals surface area (Å²) in [7, 11) is 0. The van der Waals surface area contributed by atoms with Crippen LogP contribution in [0.1, 0.15) is 41.8 Å². The van der Waals surface area contributed by atoms with Crippen LogP contribution >= 0.6 is 0 Å². The van der Waals surface area contributed by atoms with Crippen molar-refractivity contribution in [2.24, 2.45) is 0 Å². The Labute approximate surface area is 150 Å². The minimum atomic E-state index is -1.08. The second-order valence-electron chi connectivity index (χ2n) is 5.67.